The molecule has 1 N–H and O–H groups in total. The van der Waals surface area contributed by atoms with Gasteiger partial charge in [-0.25, -0.2) is 9.78 Å². The van der Waals surface area contributed by atoms with Crippen LogP contribution in [0.1, 0.15) is 40.0 Å². The van der Waals surface area contributed by atoms with Crippen molar-refractivity contribution >= 4 is 23.4 Å². The maximum absolute atomic E-state index is 12.2. The van der Waals surface area contributed by atoms with Crippen molar-refractivity contribution in [3.63, 3.8) is 0 Å². The molecule has 8 nitrogen and oxygen atoms in total. The molecular formula is C23H35ClN6O2. The molecule has 32 heavy (non-hydrogen) atoms. The van der Waals surface area contributed by atoms with E-state index in [1.807, 2.05) is 43.9 Å². The molecule has 1 saturated heterocycles. The van der Waals surface area contributed by atoms with E-state index < -0.39 is 5.60 Å². The van der Waals surface area contributed by atoms with Crippen LogP contribution >= 0.6 is 11.6 Å². The molecule has 3 rings (SSSR count). The number of carbonyl (C=O) groups excluding carboxylic acids is 1. The summed E-state index contributed by atoms with van der Waals surface area (Å²) >= 11 is 6.27. The van der Waals surface area contributed by atoms with Crippen LogP contribution in [0.15, 0.2) is 24.7 Å². The van der Waals surface area contributed by atoms with Gasteiger partial charge in [-0.2, -0.15) is 5.10 Å². The van der Waals surface area contributed by atoms with Crippen LogP contribution in [-0.4, -0.2) is 71.1 Å². The molecule has 1 aliphatic rings. The lowest BCUT2D eigenvalue weighted by Gasteiger charge is -2.36. The van der Waals surface area contributed by atoms with Gasteiger partial charge in [0.25, 0.3) is 0 Å². The minimum atomic E-state index is -0.517. The number of halogens is 1. The number of aromatic nitrogens is 3. The molecule has 2 aromatic rings. The maximum atomic E-state index is 12.2. The first kappa shape index (κ1) is 24.3. The Bertz CT molecular complexity index is 908. The summed E-state index contributed by atoms with van der Waals surface area (Å²) < 4.78 is 7.40. The van der Waals surface area contributed by atoms with Crippen molar-refractivity contribution in [1.82, 2.24) is 25.0 Å². The Labute approximate surface area is 195 Å². The summed E-state index contributed by atoms with van der Waals surface area (Å²) in [5, 5.41) is 7.99. The predicted molar refractivity (Wildman–Crippen MR) is 128 cm³/mol. The topological polar surface area (TPSA) is 75.5 Å². The van der Waals surface area contributed by atoms with Gasteiger partial charge in [0, 0.05) is 54.9 Å². The predicted octanol–water partition coefficient (Wildman–Crippen LogP) is 4.04. The molecule has 0 radical (unpaired) electrons. The van der Waals surface area contributed by atoms with E-state index in [2.05, 4.69) is 45.5 Å². The molecule has 0 unspecified atom stereocenters. The number of alkyl carbamates (subject to hydrolysis) is 1. The monoisotopic (exact) mass is 462 g/mol. The third-order valence-electron chi connectivity index (χ3n) is 5.27. The number of hydrogen-bond acceptors (Lipinski definition) is 6. The number of hydrogen-bond donors (Lipinski definition) is 1. The van der Waals surface area contributed by atoms with Gasteiger partial charge < -0.3 is 19.9 Å². The summed E-state index contributed by atoms with van der Waals surface area (Å²) in [6.45, 7) is 9.05. The number of carbonyl (C=O) groups is 1. The van der Waals surface area contributed by atoms with Gasteiger partial charge in [0.2, 0.25) is 0 Å². The van der Waals surface area contributed by atoms with Crippen LogP contribution in [0.25, 0.3) is 11.1 Å². The Hall–Kier alpha value is -2.32. The number of rotatable bonds is 7. The molecule has 1 atom stereocenters. The number of amides is 1. The Kier molecular flexibility index (Phi) is 8.00. The molecular weight excluding hydrogens is 428 g/mol. The van der Waals surface area contributed by atoms with Gasteiger partial charge in [-0.15, -0.1) is 0 Å². The van der Waals surface area contributed by atoms with Crippen molar-refractivity contribution in [2.24, 2.45) is 0 Å². The van der Waals surface area contributed by atoms with Crippen LogP contribution in [0, 0.1) is 0 Å². The average molecular weight is 463 g/mol. The number of aryl methyl sites for hydroxylation is 1. The van der Waals surface area contributed by atoms with Crippen LogP contribution in [0.4, 0.5) is 10.5 Å². The number of pyridine rings is 1. The highest BCUT2D eigenvalue weighted by Crippen LogP contribution is 2.33. The molecule has 0 spiro atoms. The second-order valence-electron chi connectivity index (χ2n) is 9.60. The summed E-state index contributed by atoms with van der Waals surface area (Å²) in [7, 11) is 4.15. The van der Waals surface area contributed by atoms with E-state index in [1.54, 1.807) is 0 Å². The molecule has 0 aliphatic carbocycles. The highest BCUT2D eigenvalue weighted by molar-refractivity contribution is 6.29. The van der Waals surface area contributed by atoms with Gasteiger partial charge in [-0.05, 0) is 66.7 Å². The molecule has 3 heterocycles. The van der Waals surface area contributed by atoms with Gasteiger partial charge >= 0.3 is 6.09 Å². The highest BCUT2D eigenvalue weighted by Gasteiger charge is 2.26. The second-order valence-corrected chi connectivity index (χ2v) is 9.99. The lowest BCUT2D eigenvalue weighted by Crippen LogP contribution is -2.49. The van der Waals surface area contributed by atoms with Gasteiger partial charge in [0.1, 0.15) is 10.8 Å². The zero-order valence-corrected chi connectivity index (χ0v) is 20.5. The van der Waals surface area contributed by atoms with E-state index in [4.69, 9.17) is 16.3 Å². The Balaban J connectivity index is 1.73. The van der Waals surface area contributed by atoms with Gasteiger partial charge in [-0.1, -0.05) is 11.6 Å². The van der Waals surface area contributed by atoms with Crippen LogP contribution in [0.3, 0.4) is 0 Å². The van der Waals surface area contributed by atoms with Crippen LogP contribution < -0.4 is 10.2 Å². The van der Waals surface area contributed by atoms with Crippen LogP contribution in [-0.2, 0) is 11.3 Å². The van der Waals surface area contributed by atoms with Gasteiger partial charge in [-0.3, -0.25) is 4.68 Å². The Morgan fingerprint density at radius 2 is 2.12 bits per heavy atom. The molecule has 0 saturated carbocycles. The fraction of sp³-hybridized carbons (Fsp3) is 0.609. The Morgan fingerprint density at radius 3 is 2.84 bits per heavy atom. The second kappa shape index (κ2) is 10.5. The average Bonchev–Trinajstić information content (AvgIpc) is 3.15. The standard InChI is InChI=1S/C23H35ClN6O2/c1-23(2,3)32-22(31)27-18-8-6-10-29(16-18)20-12-21(24)25-14-19(20)17-13-26-30(15-17)11-7-9-28(4)5/h12-15,18H,6-11,16H2,1-5H3,(H,27,31)/t18-/m0/s1. The normalized spacial score (nSPS) is 17.0. The van der Waals surface area contributed by atoms with Crippen molar-refractivity contribution in [1.29, 1.82) is 0 Å². The summed E-state index contributed by atoms with van der Waals surface area (Å²) in [6, 6.07) is 1.91. The number of ether oxygens (including phenoxy) is 1. The largest absolute Gasteiger partial charge is 0.444 e. The molecule has 2 aromatic heterocycles. The SMILES string of the molecule is CN(C)CCCn1cc(-c2cnc(Cl)cc2N2CCC[C@H](NC(=O)OC(C)(C)C)C2)cn1. The summed E-state index contributed by atoms with van der Waals surface area (Å²) in [6.07, 6.45) is 8.27. The zero-order valence-electron chi connectivity index (χ0n) is 19.8. The van der Waals surface area contributed by atoms with Crippen molar-refractivity contribution in [2.75, 3.05) is 38.6 Å². The van der Waals surface area contributed by atoms with Gasteiger partial charge in [0.05, 0.1) is 6.20 Å². The zero-order chi connectivity index (χ0) is 23.3. The number of nitrogens with zero attached hydrogens (tertiary/aromatic N) is 5. The number of nitrogens with one attached hydrogen (secondary N) is 1. The Morgan fingerprint density at radius 1 is 1.34 bits per heavy atom. The van der Waals surface area contributed by atoms with Gasteiger partial charge in [0.15, 0.2) is 0 Å². The summed E-state index contributed by atoms with van der Waals surface area (Å²) in [4.78, 5) is 21.0. The van der Waals surface area contributed by atoms with Crippen LogP contribution in [0.2, 0.25) is 5.15 Å². The number of piperidine rings is 1. The molecule has 176 valence electrons. The molecule has 1 fully saturated rings. The third kappa shape index (κ3) is 7.10. The van der Waals surface area contributed by atoms with E-state index in [-0.39, 0.29) is 12.1 Å². The van der Waals surface area contributed by atoms with E-state index in [1.165, 1.54) is 0 Å². The van der Waals surface area contributed by atoms with E-state index in [0.717, 1.165) is 55.7 Å². The highest BCUT2D eigenvalue weighted by atomic mass is 35.5. The first-order chi connectivity index (χ1) is 15.1. The minimum Gasteiger partial charge on any atom is -0.444 e. The summed E-state index contributed by atoms with van der Waals surface area (Å²) in [5.74, 6) is 0. The first-order valence-corrected chi connectivity index (χ1v) is 11.6. The lowest BCUT2D eigenvalue weighted by atomic mass is 10.0. The molecule has 1 amide bonds. The molecule has 0 aromatic carbocycles. The van der Waals surface area contributed by atoms with E-state index >= 15 is 0 Å². The quantitative estimate of drug-likeness (QED) is 0.626. The first-order valence-electron chi connectivity index (χ1n) is 11.2. The summed E-state index contributed by atoms with van der Waals surface area (Å²) in [5.41, 5.74) is 2.49. The number of anilines is 1. The van der Waals surface area contributed by atoms with Crippen molar-refractivity contribution in [2.45, 2.75) is 58.2 Å². The fourth-order valence-corrected chi connectivity index (χ4v) is 4.02. The van der Waals surface area contributed by atoms with E-state index in [0.29, 0.717) is 11.7 Å². The minimum absolute atomic E-state index is 0.00662. The third-order valence-corrected chi connectivity index (χ3v) is 5.48. The van der Waals surface area contributed by atoms with E-state index in [9.17, 15) is 4.79 Å². The van der Waals surface area contributed by atoms with Crippen molar-refractivity contribution in [3.8, 4) is 11.1 Å². The fourth-order valence-electron chi connectivity index (χ4n) is 3.87. The van der Waals surface area contributed by atoms with Crippen LogP contribution in [0.5, 0.6) is 0 Å². The van der Waals surface area contributed by atoms with Crippen molar-refractivity contribution in [3.05, 3.63) is 29.8 Å². The molecule has 9 heteroatoms. The molecule has 0 bridgehead atoms. The molecule has 1 aliphatic heterocycles. The smallest absolute Gasteiger partial charge is 0.407 e. The van der Waals surface area contributed by atoms with Crippen molar-refractivity contribution < 1.29 is 9.53 Å². The maximum Gasteiger partial charge on any atom is 0.407 e. The lowest BCUT2D eigenvalue weighted by molar-refractivity contribution is 0.0500.